The van der Waals surface area contributed by atoms with Crippen molar-refractivity contribution in [2.24, 2.45) is 0 Å². The van der Waals surface area contributed by atoms with Gasteiger partial charge in [0, 0.05) is 13.0 Å². The van der Waals surface area contributed by atoms with Crippen LogP contribution in [0.25, 0.3) is 0 Å². The van der Waals surface area contributed by atoms with Gasteiger partial charge in [-0.25, -0.2) is 4.79 Å². The Morgan fingerprint density at radius 3 is 2.06 bits per heavy atom. The monoisotopic (exact) mass is 249 g/mol. The molecule has 98 valence electrons. The highest BCUT2D eigenvalue weighted by Gasteiger charge is 2.44. The molecular weight excluding hydrogens is 230 g/mol. The molecule has 0 bridgehead atoms. The third-order valence-electron chi connectivity index (χ3n) is 3.09. The third kappa shape index (κ3) is 2.37. The van der Waals surface area contributed by atoms with Gasteiger partial charge in [-0.05, 0) is 26.3 Å². The number of carbonyl (C=O) groups is 2. The molecule has 0 aromatic heterocycles. The molecule has 0 saturated carbocycles. The Hall–Kier alpha value is -1.84. The molecular formula is C14H19NO3. The van der Waals surface area contributed by atoms with Gasteiger partial charge in [-0.2, -0.15) is 0 Å². The van der Waals surface area contributed by atoms with Crippen molar-refractivity contribution in [1.82, 2.24) is 4.90 Å². The maximum atomic E-state index is 11.8. The van der Waals surface area contributed by atoms with Gasteiger partial charge in [0.15, 0.2) is 5.54 Å². The molecule has 1 unspecified atom stereocenters. The maximum Gasteiger partial charge on any atom is 0.334 e. The summed E-state index contributed by atoms with van der Waals surface area (Å²) in [4.78, 5) is 24.8. The van der Waals surface area contributed by atoms with Gasteiger partial charge < -0.3 is 10.0 Å². The SMILES string of the molecule is CC(=O)N(C(C)C)C(C)(C(=O)O)c1ccccc1. The molecule has 1 aromatic carbocycles. The number of carboxylic acid groups (broad SMARTS) is 1. The first-order chi connectivity index (χ1) is 8.31. The molecule has 1 atom stereocenters. The van der Waals surface area contributed by atoms with Crippen molar-refractivity contribution in [3.8, 4) is 0 Å². The number of aliphatic carboxylic acids is 1. The molecule has 0 heterocycles. The summed E-state index contributed by atoms with van der Waals surface area (Å²) in [7, 11) is 0. The number of hydrogen-bond donors (Lipinski definition) is 1. The fourth-order valence-electron chi connectivity index (χ4n) is 2.32. The van der Waals surface area contributed by atoms with Crippen LogP contribution in [0.2, 0.25) is 0 Å². The van der Waals surface area contributed by atoms with Crippen molar-refractivity contribution < 1.29 is 14.7 Å². The summed E-state index contributed by atoms with van der Waals surface area (Å²) in [6, 6.07) is 8.63. The summed E-state index contributed by atoms with van der Waals surface area (Å²) in [6.07, 6.45) is 0. The number of benzene rings is 1. The van der Waals surface area contributed by atoms with Crippen molar-refractivity contribution in [2.45, 2.75) is 39.3 Å². The van der Waals surface area contributed by atoms with Gasteiger partial charge in [-0.1, -0.05) is 30.3 Å². The number of carbonyl (C=O) groups excluding carboxylic acids is 1. The van der Waals surface area contributed by atoms with Crippen LogP contribution in [-0.2, 0) is 15.1 Å². The lowest BCUT2D eigenvalue weighted by atomic mass is 9.88. The number of rotatable bonds is 4. The highest BCUT2D eigenvalue weighted by Crippen LogP contribution is 2.30. The summed E-state index contributed by atoms with van der Waals surface area (Å²) < 4.78 is 0. The summed E-state index contributed by atoms with van der Waals surface area (Å²) in [5.74, 6) is -1.28. The number of nitrogens with zero attached hydrogens (tertiary/aromatic N) is 1. The molecule has 0 aliphatic rings. The van der Waals surface area contributed by atoms with Crippen molar-refractivity contribution in [3.63, 3.8) is 0 Å². The lowest BCUT2D eigenvalue weighted by Gasteiger charge is -2.40. The molecule has 0 spiro atoms. The van der Waals surface area contributed by atoms with Crippen LogP contribution >= 0.6 is 0 Å². The molecule has 0 aliphatic carbocycles. The van der Waals surface area contributed by atoms with Gasteiger partial charge in [0.2, 0.25) is 5.91 Å². The van der Waals surface area contributed by atoms with E-state index in [1.165, 1.54) is 11.8 Å². The highest BCUT2D eigenvalue weighted by atomic mass is 16.4. The van der Waals surface area contributed by atoms with Crippen LogP contribution in [0.1, 0.15) is 33.3 Å². The summed E-state index contributed by atoms with van der Waals surface area (Å²) in [5.41, 5.74) is -0.747. The minimum Gasteiger partial charge on any atom is -0.479 e. The van der Waals surface area contributed by atoms with E-state index in [2.05, 4.69) is 0 Å². The van der Waals surface area contributed by atoms with Gasteiger partial charge in [-0.3, -0.25) is 4.79 Å². The fourth-order valence-corrected chi connectivity index (χ4v) is 2.32. The lowest BCUT2D eigenvalue weighted by Crippen LogP contribution is -2.55. The third-order valence-corrected chi connectivity index (χ3v) is 3.09. The van der Waals surface area contributed by atoms with Crippen LogP contribution in [0, 0.1) is 0 Å². The summed E-state index contributed by atoms with van der Waals surface area (Å²) in [6.45, 7) is 6.58. The Morgan fingerprint density at radius 1 is 1.22 bits per heavy atom. The Bertz CT molecular complexity index is 442. The largest absolute Gasteiger partial charge is 0.479 e. The first-order valence-corrected chi connectivity index (χ1v) is 5.90. The normalized spacial score (nSPS) is 14.1. The molecule has 1 aromatic rings. The molecule has 0 radical (unpaired) electrons. The molecule has 4 nitrogen and oxygen atoms in total. The minimum absolute atomic E-state index is 0.191. The van der Waals surface area contributed by atoms with Crippen molar-refractivity contribution >= 4 is 11.9 Å². The van der Waals surface area contributed by atoms with Crippen LogP contribution in [0.5, 0.6) is 0 Å². The highest BCUT2D eigenvalue weighted by molar-refractivity contribution is 5.87. The van der Waals surface area contributed by atoms with Gasteiger partial charge >= 0.3 is 5.97 Å². The topological polar surface area (TPSA) is 57.6 Å². The molecule has 18 heavy (non-hydrogen) atoms. The molecule has 4 heteroatoms. The Morgan fingerprint density at radius 2 is 1.72 bits per heavy atom. The van der Waals surface area contributed by atoms with Crippen LogP contribution in [-0.4, -0.2) is 27.9 Å². The molecule has 1 amide bonds. The van der Waals surface area contributed by atoms with Crippen LogP contribution in [0.15, 0.2) is 30.3 Å². The van der Waals surface area contributed by atoms with Gasteiger partial charge in [-0.15, -0.1) is 0 Å². The van der Waals surface area contributed by atoms with E-state index in [-0.39, 0.29) is 11.9 Å². The van der Waals surface area contributed by atoms with Crippen molar-refractivity contribution in [3.05, 3.63) is 35.9 Å². The van der Waals surface area contributed by atoms with Gasteiger partial charge in [0.25, 0.3) is 0 Å². The Kier molecular flexibility index (Phi) is 4.11. The van der Waals surface area contributed by atoms with Crippen molar-refractivity contribution in [2.75, 3.05) is 0 Å². The van der Waals surface area contributed by atoms with E-state index in [1.807, 2.05) is 19.9 Å². The first kappa shape index (κ1) is 14.2. The van der Waals surface area contributed by atoms with E-state index in [4.69, 9.17) is 0 Å². The smallest absolute Gasteiger partial charge is 0.334 e. The quantitative estimate of drug-likeness (QED) is 0.890. The second kappa shape index (κ2) is 5.21. The Balaban J connectivity index is 3.40. The summed E-state index contributed by atoms with van der Waals surface area (Å²) >= 11 is 0. The number of carboxylic acids is 1. The zero-order chi connectivity index (χ0) is 13.9. The second-order valence-corrected chi connectivity index (χ2v) is 4.73. The van der Waals surface area contributed by atoms with Crippen LogP contribution < -0.4 is 0 Å². The fraction of sp³-hybridized carbons (Fsp3) is 0.429. The predicted octanol–water partition coefficient (Wildman–Crippen LogP) is 2.24. The van der Waals surface area contributed by atoms with Crippen molar-refractivity contribution in [1.29, 1.82) is 0 Å². The molecule has 0 aliphatic heterocycles. The molecule has 0 fully saturated rings. The average Bonchev–Trinajstić information content (AvgIpc) is 2.28. The molecule has 0 saturated heterocycles. The van der Waals surface area contributed by atoms with E-state index in [0.717, 1.165) is 0 Å². The minimum atomic E-state index is -1.35. The van der Waals surface area contributed by atoms with E-state index in [1.54, 1.807) is 31.2 Å². The zero-order valence-corrected chi connectivity index (χ0v) is 11.2. The Labute approximate surface area is 107 Å². The van der Waals surface area contributed by atoms with Gasteiger partial charge in [0.1, 0.15) is 0 Å². The van der Waals surface area contributed by atoms with E-state index >= 15 is 0 Å². The molecule has 1 rings (SSSR count). The van der Waals surface area contributed by atoms with Crippen LogP contribution in [0.3, 0.4) is 0 Å². The van der Waals surface area contributed by atoms with E-state index in [0.29, 0.717) is 5.56 Å². The maximum absolute atomic E-state index is 11.8. The van der Waals surface area contributed by atoms with E-state index in [9.17, 15) is 14.7 Å². The van der Waals surface area contributed by atoms with Gasteiger partial charge in [0.05, 0.1) is 0 Å². The van der Waals surface area contributed by atoms with Crippen LogP contribution in [0.4, 0.5) is 0 Å². The standard InChI is InChI=1S/C14H19NO3/c1-10(2)15(11(3)16)14(4,13(17)18)12-8-6-5-7-9-12/h5-10H,1-4H3,(H,17,18). The number of amides is 1. The van der Waals surface area contributed by atoms with E-state index < -0.39 is 11.5 Å². The molecule has 1 N–H and O–H groups in total. The average molecular weight is 249 g/mol. The first-order valence-electron chi connectivity index (χ1n) is 5.90. The lowest BCUT2D eigenvalue weighted by molar-refractivity contribution is -0.160. The zero-order valence-electron chi connectivity index (χ0n) is 11.2. The number of hydrogen-bond acceptors (Lipinski definition) is 2. The second-order valence-electron chi connectivity index (χ2n) is 4.73. The predicted molar refractivity (Wildman–Crippen MR) is 69.1 cm³/mol. The summed E-state index contributed by atoms with van der Waals surface area (Å²) in [5, 5.41) is 9.56.